The molecule has 3 heteroatoms. The van der Waals surface area contributed by atoms with Crippen LogP contribution in [0.5, 0.6) is 0 Å². The Morgan fingerprint density at radius 1 is 1.11 bits per heavy atom. The molecule has 0 aliphatic carbocycles. The maximum Gasteiger partial charge on any atom is 0.267 e. The van der Waals surface area contributed by atoms with Gasteiger partial charge >= 0.3 is 0 Å². The van der Waals surface area contributed by atoms with Gasteiger partial charge in [-0.3, -0.25) is 4.79 Å². The molecule has 0 saturated heterocycles. The van der Waals surface area contributed by atoms with Crippen LogP contribution in [0.3, 0.4) is 0 Å². The third-order valence-electron chi connectivity index (χ3n) is 2.44. The van der Waals surface area contributed by atoms with Crippen molar-refractivity contribution in [1.82, 2.24) is 9.78 Å². The molecule has 0 radical (unpaired) electrons. The highest BCUT2D eigenvalue weighted by Crippen LogP contribution is 2.04. The maximum atomic E-state index is 11.5. The lowest BCUT2D eigenvalue weighted by Gasteiger charge is -2.01. The minimum atomic E-state index is -0.119. The van der Waals surface area contributed by atoms with Crippen molar-refractivity contribution in [3.05, 3.63) is 76.7 Å². The van der Waals surface area contributed by atoms with Gasteiger partial charge in [0.1, 0.15) is 0 Å². The number of allylic oxidation sites excluding steroid dienone is 1. The summed E-state index contributed by atoms with van der Waals surface area (Å²) in [7, 11) is 0. The van der Waals surface area contributed by atoms with E-state index < -0.39 is 0 Å². The molecule has 0 fully saturated rings. The highest BCUT2D eigenvalue weighted by atomic mass is 16.1. The molecule has 0 atom stereocenters. The van der Waals surface area contributed by atoms with Crippen molar-refractivity contribution in [3.8, 4) is 0 Å². The van der Waals surface area contributed by atoms with Gasteiger partial charge in [0.15, 0.2) is 0 Å². The lowest BCUT2D eigenvalue weighted by Crippen LogP contribution is -2.21. The van der Waals surface area contributed by atoms with Crippen molar-refractivity contribution < 1.29 is 0 Å². The van der Waals surface area contributed by atoms with Crippen molar-refractivity contribution in [3.63, 3.8) is 0 Å². The average molecular weight is 238 g/mol. The first-order valence-electron chi connectivity index (χ1n) is 5.72. The number of hydrogen-bond donors (Lipinski definition) is 0. The van der Waals surface area contributed by atoms with Gasteiger partial charge in [0.05, 0.1) is 12.2 Å². The Morgan fingerprint density at radius 2 is 1.89 bits per heavy atom. The second-order valence-corrected chi connectivity index (χ2v) is 3.81. The maximum absolute atomic E-state index is 11.5. The van der Waals surface area contributed by atoms with E-state index in [-0.39, 0.29) is 5.56 Å². The molecule has 0 spiro atoms. The third-order valence-corrected chi connectivity index (χ3v) is 2.44. The van der Waals surface area contributed by atoms with Crippen LogP contribution in [-0.4, -0.2) is 9.78 Å². The van der Waals surface area contributed by atoms with E-state index in [0.717, 1.165) is 11.3 Å². The number of rotatable bonds is 4. The summed E-state index contributed by atoms with van der Waals surface area (Å²) < 4.78 is 1.39. The fraction of sp³-hybridized carbons (Fsp3) is 0.0667. The predicted octanol–water partition coefficient (Wildman–Crippen LogP) is 2.60. The molecule has 2 aromatic rings. The molecule has 18 heavy (non-hydrogen) atoms. The van der Waals surface area contributed by atoms with Crippen molar-refractivity contribution in [2.75, 3.05) is 0 Å². The van der Waals surface area contributed by atoms with E-state index >= 15 is 0 Å². The molecule has 0 saturated carbocycles. The molecule has 0 aliphatic heterocycles. The topological polar surface area (TPSA) is 34.9 Å². The molecule has 0 aliphatic rings. The minimum Gasteiger partial charge on any atom is -0.268 e. The van der Waals surface area contributed by atoms with E-state index in [1.54, 1.807) is 12.1 Å². The Morgan fingerprint density at radius 3 is 2.61 bits per heavy atom. The van der Waals surface area contributed by atoms with Crippen LogP contribution in [0.1, 0.15) is 11.3 Å². The van der Waals surface area contributed by atoms with Crippen LogP contribution in [-0.2, 0) is 6.54 Å². The number of benzene rings is 1. The SMILES string of the molecule is C=CCn1nc(C=Cc2ccccc2)ccc1=O. The van der Waals surface area contributed by atoms with Crippen LogP contribution >= 0.6 is 0 Å². The number of nitrogens with zero attached hydrogens (tertiary/aromatic N) is 2. The molecule has 1 aromatic carbocycles. The summed E-state index contributed by atoms with van der Waals surface area (Å²) in [5.41, 5.74) is 1.73. The second-order valence-electron chi connectivity index (χ2n) is 3.81. The molecule has 1 heterocycles. The molecular weight excluding hydrogens is 224 g/mol. The van der Waals surface area contributed by atoms with Gasteiger partial charge in [0, 0.05) is 6.07 Å². The molecule has 2 rings (SSSR count). The van der Waals surface area contributed by atoms with E-state index in [9.17, 15) is 4.79 Å². The van der Waals surface area contributed by atoms with Crippen LogP contribution in [0, 0.1) is 0 Å². The largest absolute Gasteiger partial charge is 0.268 e. The Kier molecular flexibility index (Phi) is 3.86. The standard InChI is InChI=1S/C15H14N2O/c1-2-12-17-15(18)11-10-14(16-17)9-8-13-6-4-3-5-7-13/h2-11H,1,12H2. The lowest BCUT2D eigenvalue weighted by molar-refractivity contribution is 0.649. The monoisotopic (exact) mass is 238 g/mol. The summed E-state index contributed by atoms with van der Waals surface area (Å²) in [6, 6.07) is 13.2. The number of aromatic nitrogens is 2. The smallest absolute Gasteiger partial charge is 0.267 e. The van der Waals surface area contributed by atoms with Crippen molar-refractivity contribution in [2.45, 2.75) is 6.54 Å². The summed E-state index contributed by atoms with van der Waals surface area (Å²) in [4.78, 5) is 11.5. The Balaban J connectivity index is 2.24. The third kappa shape index (κ3) is 3.04. The summed E-state index contributed by atoms with van der Waals surface area (Å²) in [5, 5.41) is 4.22. The van der Waals surface area contributed by atoms with Crippen molar-refractivity contribution in [2.24, 2.45) is 0 Å². The van der Waals surface area contributed by atoms with Crippen LogP contribution in [0.2, 0.25) is 0 Å². The summed E-state index contributed by atoms with van der Waals surface area (Å²) >= 11 is 0. The first-order valence-corrected chi connectivity index (χ1v) is 5.72. The van der Waals surface area contributed by atoms with Gasteiger partial charge in [-0.15, -0.1) is 6.58 Å². The Bertz CT molecular complexity index is 612. The molecule has 0 bridgehead atoms. The van der Waals surface area contributed by atoms with Crippen LogP contribution in [0.4, 0.5) is 0 Å². The molecule has 1 aromatic heterocycles. The van der Waals surface area contributed by atoms with E-state index in [1.807, 2.05) is 42.5 Å². The van der Waals surface area contributed by atoms with E-state index in [2.05, 4.69) is 11.7 Å². The van der Waals surface area contributed by atoms with Gasteiger partial charge in [0.2, 0.25) is 0 Å². The summed E-state index contributed by atoms with van der Waals surface area (Å²) in [6.07, 6.45) is 5.50. The van der Waals surface area contributed by atoms with Gasteiger partial charge in [0.25, 0.3) is 5.56 Å². The fourth-order valence-electron chi connectivity index (χ4n) is 1.55. The molecule has 0 N–H and O–H groups in total. The Hall–Kier alpha value is -2.42. The molecule has 0 amide bonds. The summed E-state index contributed by atoms with van der Waals surface area (Å²) in [5.74, 6) is 0. The van der Waals surface area contributed by atoms with Gasteiger partial charge in [-0.25, -0.2) is 4.68 Å². The van der Waals surface area contributed by atoms with Gasteiger partial charge < -0.3 is 0 Å². The van der Waals surface area contributed by atoms with Crippen molar-refractivity contribution in [1.29, 1.82) is 0 Å². The minimum absolute atomic E-state index is 0.119. The lowest BCUT2D eigenvalue weighted by atomic mass is 10.2. The highest BCUT2D eigenvalue weighted by Gasteiger charge is 1.96. The van der Waals surface area contributed by atoms with Crippen LogP contribution < -0.4 is 5.56 Å². The second kappa shape index (κ2) is 5.77. The van der Waals surface area contributed by atoms with Crippen molar-refractivity contribution >= 4 is 12.2 Å². The molecule has 90 valence electrons. The Labute approximate surface area is 106 Å². The first-order chi connectivity index (χ1) is 8.79. The van der Waals surface area contributed by atoms with Crippen LogP contribution in [0.25, 0.3) is 12.2 Å². The zero-order valence-electron chi connectivity index (χ0n) is 9.99. The quantitative estimate of drug-likeness (QED) is 0.767. The zero-order chi connectivity index (χ0) is 12.8. The summed E-state index contributed by atoms with van der Waals surface area (Å²) in [6.45, 7) is 4.03. The van der Waals surface area contributed by atoms with E-state index in [1.165, 1.54) is 10.7 Å². The van der Waals surface area contributed by atoms with Crippen LogP contribution in [0.15, 0.2) is 59.9 Å². The highest BCUT2D eigenvalue weighted by molar-refractivity contribution is 5.67. The first kappa shape index (κ1) is 12.0. The average Bonchev–Trinajstić information content (AvgIpc) is 2.41. The van der Waals surface area contributed by atoms with E-state index in [4.69, 9.17) is 0 Å². The number of hydrogen-bond acceptors (Lipinski definition) is 2. The van der Waals surface area contributed by atoms with E-state index in [0.29, 0.717) is 6.54 Å². The fourth-order valence-corrected chi connectivity index (χ4v) is 1.55. The van der Waals surface area contributed by atoms with Gasteiger partial charge in [-0.05, 0) is 17.7 Å². The van der Waals surface area contributed by atoms with Gasteiger partial charge in [-0.1, -0.05) is 42.5 Å². The molecule has 0 unspecified atom stereocenters. The predicted molar refractivity (Wildman–Crippen MR) is 74.1 cm³/mol. The molecular formula is C15H14N2O. The normalized spacial score (nSPS) is 10.7. The molecule has 3 nitrogen and oxygen atoms in total. The van der Waals surface area contributed by atoms with Gasteiger partial charge in [-0.2, -0.15) is 5.10 Å². The zero-order valence-corrected chi connectivity index (χ0v) is 9.99.